The van der Waals surface area contributed by atoms with Crippen LogP contribution in [0.25, 0.3) is 0 Å². The molecule has 0 atom stereocenters. The van der Waals surface area contributed by atoms with Gasteiger partial charge >= 0.3 is 12.1 Å². The molecule has 0 aromatic heterocycles. The van der Waals surface area contributed by atoms with Crippen LogP contribution >= 0.6 is 11.6 Å². The van der Waals surface area contributed by atoms with Gasteiger partial charge in [0.2, 0.25) is 0 Å². The summed E-state index contributed by atoms with van der Waals surface area (Å²) in [4.78, 5) is 30.8. The molecule has 29 heavy (non-hydrogen) atoms. The number of carbonyl (C=O) groups is 2. The van der Waals surface area contributed by atoms with Crippen molar-refractivity contribution in [3.8, 4) is 5.75 Å². The standard InChI is InChI=1S/C13H17ClN4O4.C2HF3O2/c14-11-2-1-10(7-12(11)18(20)21)22-8-13(19)16-17-5-3-9(15)4-6-17;3-2(4,5)1(6)7/h1-2,7,9H,3-6,8,15H2,(H,16,19);(H,6,7). The Balaban J connectivity index is 0.000000516. The predicted molar refractivity (Wildman–Crippen MR) is 94.2 cm³/mol. The second-order valence-corrected chi connectivity index (χ2v) is 6.23. The van der Waals surface area contributed by atoms with Gasteiger partial charge in [0.1, 0.15) is 10.8 Å². The number of piperidine rings is 1. The van der Waals surface area contributed by atoms with E-state index in [4.69, 9.17) is 32.0 Å². The summed E-state index contributed by atoms with van der Waals surface area (Å²) in [7, 11) is 0. The molecule has 1 heterocycles. The zero-order chi connectivity index (χ0) is 22.2. The maximum atomic E-state index is 11.8. The number of rotatable bonds is 5. The molecule has 1 aliphatic heterocycles. The minimum atomic E-state index is -5.08. The van der Waals surface area contributed by atoms with Crippen LogP contribution in [0, 0.1) is 10.1 Å². The lowest BCUT2D eigenvalue weighted by Crippen LogP contribution is -2.50. The molecule has 0 saturated carbocycles. The predicted octanol–water partition coefficient (Wildman–Crippen LogP) is 1.71. The molecule has 1 aromatic carbocycles. The number of aliphatic carboxylic acids is 1. The number of benzene rings is 1. The summed E-state index contributed by atoms with van der Waals surface area (Å²) in [5.41, 5.74) is 8.24. The zero-order valence-corrected chi connectivity index (χ0v) is 15.6. The molecule has 0 bridgehead atoms. The average molecular weight is 443 g/mol. The van der Waals surface area contributed by atoms with Crippen LogP contribution < -0.4 is 15.9 Å². The Morgan fingerprint density at radius 1 is 1.38 bits per heavy atom. The number of nitrogens with zero attached hydrogens (tertiary/aromatic N) is 2. The average Bonchev–Trinajstić information content (AvgIpc) is 2.62. The minimum Gasteiger partial charge on any atom is -0.483 e. The third-order valence-corrected chi connectivity index (χ3v) is 3.87. The molecule has 162 valence electrons. The molecule has 4 N–H and O–H groups in total. The molecular formula is C15H18ClF3N4O6. The van der Waals surface area contributed by atoms with E-state index < -0.39 is 17.1 Å². The number of hydrogen-bond donors (Lipinski definition) is 3. The number of nitro groups is 1. The van der Waals surface area contributed by atoms with Gasteiger partial charge in [-0.2, -0.15) is 13.2 Å². The van der Waals surface area contributed by atoms with E-state index in [1.165, 1.54) is 18.2 Å². The van der Waals surface area contributed by atoms with Gasteiger partial charge in [-0.1, -0.05) is 11.6 Å². The van der Waals surface area contributed by atoms with Gasteiger partial charge in [-0.3, -0.25) is 20.3 Å². The van der Waals surface area contributed by atoms with Crippen molar-refractivity contribution in [3.05, 3.63) is 33.3 Å². The number of amides is 1. The highest BCUT2D eigenvalue weighted by Crippen LogP contribution is 2.28. The normalized spacial score (nSPS) is 15.1. The summed E-state index contributed by atoms with van der Waals surface area (Å²) in [6, 6.07) is 4.20. The Morgan fingerprint density at radius 3 is 2.41 bits per heavy atom. The van der Waals surface area contributed by atoms with Gasteiger partial charge in [0.15, 0.2) is 6.61 Å². The number of halogens is 4. The Labute approximate surface area is 167 Å². The summed E-state index contributed by atoms with van der Waals surface area (Å²) in [6.45, 7) is 1.15. The monoisotopic (exact) mass is 442 g/mol. The van der Waals surface area contributed by atoms with Crippen molar-refractivity contribution in [3.63, 3.8) is 0 Å². The van der Waals surface area contributed by atoms with Crippen LogP contribution in [0.1, 0.15) is 12.8 Å². The van der Waals surface area contributed by atoms with Gasteiger partial charge in [-0.15, -0.1) is 0 Å². The van der Waals surface area contributed by atoms with E-state index in [1.54, 1.807) is 5.01 Å². The Morgan fingerprint density at radius 2 is 1.93 bits per heavy atom. The lowest BCUT2D eigenvalue weighted by molar-refractivity contribution is -0.384. The van der Waals surface area contributed by atoms with Crippen molar-refractivity contribution >= 4 is 29.2 Å². The maximum absolute atomic E-state index is 11.8. The van der Waals surface area contributed by atoms with Crippen molar-refractivity contribution in [2.75, 3.05) is 19.7 Å². The number of hydrazine groups is 1. The number of carboxylic acids is 1. The van der Waals surface area contributed by atoms with Crippen LogP contribution in [0.5, 0.6) is 5.75 Å². The summed E-state index contributed by atoms with van der Waals surface area (Å²) >= 11 is 5.70. The minimum absolute atomic E-state index is 0.0199. The van der Waals surface area contributed by atoms with E-state index in [0.717, 1.165) is 12.8 Å². The zero-order valence-electron chi connectivity index (χ0n) is 14.8. The Hall–Kier alpha value is -2.64. The van der Waals surface area contributed by atoms with Crippen LogP contribution in [-0.2, 0) is 9.59 Å². The molecule has 0 radical (unpaired) electrons. The number of nitrogens with two attached hydrogens (primary N) is 1. The largest absolute Gasteiger partial charge is 0.490 e. The van der Waals surface area contributed by atoms with Gasteiger partial charge in [0.05, 0.1) is 11.0 Å². The molecule has 14 heteroatoms. The molecule has 1 aliphatic rings. The quantitative estimate of drug-likeness (QED) is 0.461. The molecule has 0 unspecified atom stereocenters. The van der Waals surface area contributed by atoms with Crippen molar-refractivity contribution in [2.24, 2.45) is 5.73 Å². The fraction of sp³-hybridized carbons (Fsp3) is 0.467. The van der Waals surface area contributed by atoms with Crippen LogP contribution in [0.15, 0.2) is 18.2 Å². The topological polar surface area (TPSA) is 148 Å². The lowest BCUT2D eigenvalue weighted by atomic mass is 10.1. The van der Waals surface area contributed by atoms with E-state index in [1.807, 2.05) is 0 Å². The first kappa shape index (κ1) is 24.4. The van der Waals surface area contributed by atoms with Gasteiger partial charge in [-0.05, 0) is 25.0 Å². The first-order chi connectivity index (χ1) is 13.4. The highest BCUT2D eigenvalue weighted by Gasteiger charge is 2.38. The number of ether oxygens (including phenoxy) is 1. The molecule has 2 rings (SSSR count). The fourth-order valence-electron chi connectivity index (χ4n) is 2.09. The van der Waals surface area contributed by atoms with Crippen molar-refractivity contribution in [2.45, 2.75) is 25.1 Å². The Kier molecular flexibility index (Phi) is 9.07. The summed E-state index contributed by atoms with van der Waals surface area (Å²) in [6.07, 6.45) is -3.44. The second-order valence-electron chi connectivity index (χ2n) is 5.82. The van der Waals surface area contributed by atoms with E-state index in [9.17, 15) is 28.1 Å². The van der Waals surface area contributed by atoms with Gasteiger partial charge in [0.25, 0.3) is 11.6 Å². The molecule has 0 spiro atoms. The van der Waals surface area contributed by atoms with E-state index >= 15 is 0 Å². The second kappa shape index (κ2) is 10.8. The molecule has 0 aliphatic carbocycles. The van der Waals surface area contributed by atoms with E-state index in [-0.39, 0.29) is 35.0 Å². The lowest BCUT2D eigenvalue weighted by Gasteiger charge is -2.30. The fourth-order valence-corrected chi connectivity index (χ4v) is 2.28. The van der Waals surface area contributed by atoms with Crippen LogP contribution in [0.3, 0.4) is 0 Å². The molecule has 10 nitrogen and oxygen atoms in total. The highest BCUT2D eigenvalue weighted by molar-refractivity contribution is 6.32. The number of nitro benzene ring substituents is 1. The molecule has 1 saturated heterocycles. The number of alkyl halides is 3. The van der Waals surface area contributed by atoms with Crippen molar-refractivity contribution in [1.29, 1.82) is 0 Å². The van der Waals surface area contributed by atoms with Gasteiger partial charge in [0, 0.05) is 19.1 Å². The molecule has 1 amide bonds. The smallest absolute Gasteiger partial charge is 0.483 e. The number of hydrogen-bond acceptors (Lipinski definition) is 7. The number of carbonyl (C=O) groups excluding carboxylic acids is 1. The summed E-state index contributed by atoms with van der Waals surface area (Å²) in [5, 5.41) is 19.7. The van der Waals surface area contributed by atoms with E-state index in [0.29, 0.717) is 13.1 Å². The maximum Gasteiger partial charge on any atom is 0.490 e. The Bertz CT molecular complexity index is 741. The molecular weight excluding hydrogens is 425 g/mol. The third kappa shape index (κ3) is 8.93. The van der Waals surface area contributed by atoms with Crippen LogP contribution in [0.4, 0.5) is 18.9 Å². The first-order valence-electron chi connectivity index (χ1n) is 8.07. The van der Waals surface area contributed by atoms with Gasteiger partial charge in [-0.25, -0.2) is 9.80 Å². The molecule has 1 aromatic rings. The number of carboxylic acid groups (broad SMARTS) is 1. The van der Waals surface area contributed by atoms with Crippen molar-refractivity contribution < 1.29 is 37.5 Å². The summed E-state index contributed by atoms with van der Waals surface area (Å²) < 4.78 is 37.0. The van der Waals surface area contributed by atoms with E-state index in [2.05, 4.69) is 5.43 Å². The third-order valence-electron chi connectivity index (χ3n) is 3.55. The summed E-state index contributed by atoms with van der Waals surface area (Å²) in [5.74, 6) is -2.87. The highest BCUT2D eigenvalue weighted by atomic mass is 35.5. The molecule has 1 fully saturated rings. The van der Waals surface area contributed by atoms with Crippen LogP contribution in [-0.4, -0.2) is 58.8 Å². The number of nitrogens with one attached hydrogen (secondary N) is 1. The van der Waals surface area contributed by atoms with Crippen LogP contribution in [0.2, 0.25) is 5.02 Å². The van der Waals surface area contributed by atoms with Crippen molar-refractivity contribution in [1.82, 2.24) is 10.4 Å². The van der Waals surface area contributed by atoms with Gasteiger partial charge < -0.3 is 15.6 Å². The first-order valence-corrected chi connectivity index (χ1v) is 8.44. The SMILES string of the molecule is NC1CCN(NC(=O)COc2ccc(Cl)c([N+](=O)[O-])c2)CC1.O=C(O)C(F)(F)F.